The van der Waals surface area contributed by atoms with Gasteiger partial charge < -0.3 is 15.2 Å². The van der Waals surface area contributed by atoms with Gasteiger partial charge in [0.25, 0.3) is 0 Å². The van der Waals surface area contributed by atoms with Crippen LogP contribution >= 0.6 is 0 Å². The number of nitrogens with one attached hydrogen (secondary N) is 2. The minimum Gasteiger partial charge on any atom is -0.392 e. The molecule has 3 N–H and O–H groups in total. The van der Waals surface area contributed by atoms with E-state index in [1.165, 1.54) is 5.56 Å². The molecule has 2 aliphatic heterocycles. The van der Waals surface area contributed by atoms with Crippen LogP contribution in [0.2, 0.25) is 0 Å². The van der Waals surface area contributed by atoms with Gasteiger partial charge >= 0.3 is 0 Å². The standard InChI is InChI=1S/C24H21N3O2/c28-13-15-9-11-16(12-10-15)21-23(17-5-2-1-3-6-17)25-19-8-4-7-18-20(14-29)26-27-24(21)22(18)19/h1-12,14,20-21,23,25-26,28H,13H2. The van der Waals surface area contributed by atoms with E-state index in [0.29, 0.717) is 0 Å². The molecular weight excluding hydrogens is 362 g/mol. The molecule has 0 spiro atoms. The van der Waals surface area contributed by atoms with Crippen LogP contribution in [0.25, 0.3) is 0 Å². The largest absolute Gasteiger partial charge is 0.392 e. The summed E-state index contributed by atoms with van der Waals surface area (Å²) in [6.45, 7) is 0.0157. The van der Waals surface area contributed by atoms with Crippen LogP contribution in [0.1, 0.15) is 45.8 Å². The van der Waals surface area contributed by atoms with E-state index in [-0.39, 0.29) is 18.6 Å². The molecule has 2 aliphatic rings. The number of aliphatic hydroxyl groups excluding tert-OH is 1. The Labute approximate surface area is 169 Å². The molecule has 3 aromatic rings. The molecule has 144 valence electrons. The Morgan fingerprint density at radius 1 is 0.931 bits per heavy atom. The zero-order chi connectivity index (χ0) is 19.8. The minimum absolute atomic E-state index is 0.00717. The minimum atomic E-state index is -0.443. The van der Waals surface area contributed by atoms with Gasteiger partial charge in [-0.2, -0.15) is 5.10 Å². The lowest BCUT2D eigenvalue weighted by molar-refractivity contribution is -0.109. The number of aliphatic hydroxyl groups is 1. The number of benzene rings is 3. The molecule has 0 saturated carbocycles. The topological polar surface area (TPSA) is 73.7 Å². The number of nitrogens with zero attached hydrogens (tertiary/aromatic N) is 1. The molecule has 3 unspecified atom stereocenters. The quantitative estimate of drug-likeness (QED) is 0.601. The molecule has 3 aromatic carbocycles. The lowest BCUT2D eigenvalue weighted by Gasteiger charge is -2.39. The molecule has 0 aliphatic carbocycles. The van der Waals surface area contributed by atoms with Crippen molar-refractivity contribution >= 4 is 17.7 Å². The van der Waals surface area contributed by atoms with Crippen LogP contribution in [0.5, 0.6) is 0 Å². The summed E-state index contributed by atoms with van der Waals surface area (Å²) < 4.78 is 0. The third kappa shape index (κ3) is 2.91. The van der Waals surface area contributed by atoms with Crippen LogP contribution in [0.15, 0.2) is 77.9 Å². The van der Waals surface area contributed by atoms with Crippen molar-refractivity contribution in [1.82, 2.24) is 5.43 Å². The highest BCUT2D eigenvalue weighted by molar-refractivity contribution is 6.13. The van der Waals surface area contributed by atoms with Crippen molar-refractivity contribution < 1.29 is 9.90 Å². The number of hydrogen-bond acceptors (Lipinski definition) is 5. The van der Waals surface area contributed by atoms with Crippen molar-refractivity contribution in [3.63, 3.8) is 0 Å². The van der Waals surface area contributed by atoms with Crippen LogP contribution < -0.4 is 10.7 Å². The summed E-state index contributed by atoms with van der Waals surface area (Å²) in [4.78, 5) is 11.6. The smallest absolute Gasteiger partial charge is 0.148 e. The Morgan fingerprint density at radius 3 is 2.45 bits per heavy atom. The van der Waals surface area contributed by atoms with Crippen LogP contribution in [-0.4, -0.2) is 17.1 Å². The molecule has 0 bridgehead atoms. The summed E-state index contributed by atoms with van der Waals surface area (Å²) in [5.74, 6) is -0.0427. The van der Waals surface area contributed by atoms with Crippen molar-refractivity contribution in [1.29, 1.82) is 0 Å². The maximum atomic E-state index is 11.6. The Kier molecular flexibility index (Phi) is 4.37. The average Bonchev–Trinajstić information content (AvgIpc) is 2.80. The van der Waals surface area contributed by atoms with Gasteiger partial charge in [-0.25, -0.2) is 0 Å². The van der Waals surface area contributed by atoms with Gasteiger partial charge in [0.1, 0.15) is 12.3 Å². The maximum absolute atomic E-state index is 11.6. The van der Waals surface area contributed by atoms with Crippen molar-refractivity contribution in [3.05, 3.63) is 101 Å². The molecule has 3 atom stereocenters. The fraction of sp³-hybridized carbons (Fsp3) is 0.167. The number of anilines is 1. The predicted octanol–water partition coefficient (Wildman–Crippen LogP) is 3.68. The Bertz CT molecular complexity index is 1080. The van der Waals surface area contributed by atoms with E-state index >= 15 is 0 Å². The van der Waals surface area contributed by atoms with Gasteiger partial charge in [0, 0.05) is 11.3 Å². The number of aldehydes is 1. The van der Waals surface area contributed by atoms with Crippen molar-refractivity contribution in [2.75, 3.05) is 5.32 Å². The summed E-state index contributed by atoms with van der Waals surface area (Å²) in [5, 5.41) is 17.8. The predicted molar refractivity (Wildman–Crippen MR) is 113 cm³/mol. The highest BCUT2D eigenvalue weighted by Gasteiger charge is 2.39. The van der Waals surface area contributed by atoms with Crippen molar-refractivity contribution in [2.45, 2.75) is 24.6 Å². The van der Waals surface area contributed by atoms with E-state index in [1.54, 1.807) is 0 Å². The molecule has 5 nitrogen and oxygen atoms in total. The molecule has 5 rings (SSSR count). The summed E-state index contributed by atoms with van der Waals surface area (Å²) in [6, 6.07) is 23.9. The van der Waals surface area contributed by atoms with Crippen LogP contribution in [0.4, 0.5) is 5.69 Å². The first kappa shape index (κ1) is 17.6. The van der Waals surface area contributed by atoms with E-state index in [9.17, 15) is 9.90 Å². The first-order valence-electron chi connectivity index (χ1n) is 9.73. The average molecular weight is 383 g/mol. The van der Waals surface area contributed by atoms with Crippen LogP contribution in [0.3, 0.4) is 0 Å². The molecule has 5 heteroatoms. The van der Waals surface area contributed by atoms with Gasteiger partial charge in [0.15, 0.2) is 0 Å². The van der Waals surface area contributed by atoms with Crippen LogP contribution in [0, 0.1) is 0 Å². The fourth-order valence-electron chi connectivity index (χ4n) is 4.35. The van der Waals surface area contributed by atoms with Gasteiger partial charge in [0.05, 0.1) is 24.3 Å². The van der Waals surface area contributed by atoms with Gasteiger partial charge in [-0.05, 0) is 28.3 Å². The van der Waals surface area contributed by atoms with Gasteiger partial charge in [-0.15, -0.1) is 0 Å². The third-order valence-corrected chi connectivity index (χ3v) is 5.77. The van der Waals surface area contributed by atoms with Gasteiger partial charge in [-0.3, -0.25) is 5.43 Å². The number of carbonyl (C=O) groups is 1. The van der Waals surface area contributed by atoms with Gasteiger partial charge in [0.2, 0.25) is 0 Å². The second-order valence-electron chi connectivity index (χ2n) is 7.42. The fourth-order valence-corrected chi connectivity index (χ4v) is 4.35. The van der Waals surface area contributed by atoms with E-state index in [0.717, 1.165) is 39.9 Å². The molecular formula is C24H21N3O2. The number of hydrazone groups is 1. The second-order valence-corrected chi connectivity index (χ2v) is 7.42. The number of carbonyl (C=O) groups excluding carboxylic acids is 1. The van der Waals surface area contributed by atoms with E-state index in [4.69, 9.17) is 0 Å². The first-order chi connectivity index (χ1) is 14.3. The lowest BCUT2D eigenvalue weighted by atomic mass is 9.75. The number of rotatable bonds is 4. The molecule has 0 aromatic heterocycles. The Hall–Kier alpha value is -3.44. The summed E-state index contributed by atoms with van der Waals surface area (Å²) >= 11 is 0. The zero-order valence-electron chi connectivity index (χ0n) is 15.7. The molecule has 0 fully saturated rings. The summed E-state index contributed by atoms with van der Waals surface area (Å²) in [7, 11) is 0. The molecule has 2 heterocycles. The normalized spacial score (nSPS) is 22.0. The van der Waals surface area contributed by atoms with E-state index in [1.807, 2.05) is 48.5 Å². The van der Waals surface area contributed by atoms with Crippen LogP contribution in [-0.2, 0) is 11.4 Å². The van der Waals surface area contributed by atoms with Crippen molar-refractivity contribution in [2.24, 2.45) is 5.10 Å². The second kappa shape index (κ2) is 7.18. The SMILES string of the molecule is O=CC1NN=C2c3c(cccc31)NC(c1ccccc1)C2c1ccc(CO)cc1. The number of hydrogen-bond donors (Lipinski definition) is 3. The Morgan fingerprint density at radius 2 is 1.72 bits per heavy atom. The van der Waals surface area contributed by atoms with E-state index < -0.39 is 6.04 Å². The summed E-state index contributed by atoms with van der Waals surface area (Å²) in [6.07, 6.45) is 0.893. The third-order valence-electron chi connectivity index (χ3n) is 5.77. The molecule has 0 amide bonds. The monoisotopic (exact) mass is 383 g/mol. The molecule has 29 heavy (non-hydrogen) atoms. The maximum Gasteiger partial charge on any atom is 0.148 e. The van der Waals surface area contributed by atoms with Crippen molar-refractivity contribution in [3.8, 4) is 0 Å². The Balaban J connectivity index is 1.70. The molecule has 0 radical (unpaired) electrons. The highest BCUT2D eigenvalue weighted by Crippen LogP contribution is 2.45. The first-order valence-corrected chi connectivity index (χ1v) is 9.73. The summed E-state index contributed by atoms with van der Waals surface area (Å²) in [5.41, 5.74) is 10.1. The highest BCUT2D eigenvalue weighted by atomic mass is 16.3. The zero-order valence-corrected chi connectivity index (χ0v) is 15.7. The van der Waals surface area contributed by atoms with E-state index in [2.05, 4.69) is 40.1 Å². The van der Waals surface area contributed by atoms with Gasteiger partial charge in [-0.1, -0.05) is 66.7 Å². The molecule has 0 saturated heterocycles. The lowest BCUT2D eigenvalue weighted by Crippen LogP contribution is -2.38.